The molecule has 0 aromatic carbocycles. The Kier molecular flexibility index (Phi) is 3.57. The van der Waals surface area contributed by atoms with Gasteiger partial charge in [0.15, 0.2) is 23.9 Å². The molecule has 1 aliphatic heterocycles. The number of amides is 1. The Morgan fingerprint density at radius 1 is 1.37 bits per heavy atom. The van der Waals surface area contributed by atoms with Crippen LogP contribution in [0.2, 0.25) is 0 Å². The zero-order valence-electron chi connectivity index (χ0n) is 15.1. The summed E-state index contributed by atoms with van der Waals surface area (Å²) in [6, 6.07) is 0. The summed E-state index contributed by atoms with van der Waals surface area (Å²) in [5.74, 6) is -0.241. The maximum atomic E-state index is 11.7. The molecule has 4 rings (SSSR count). The van der Waals surface area contributed by atoms with Crippen LogP contribution >= 0.6 is 0 Å². The number of ether oxygens (including phenoxy) is 1. The first-order chi connectivity index (χ1) is 12.6. The lowest BCUT2D eigenvalue weighted by Gasteiger charge is -2.30. The van der Waals surface area contributed by atoms with Crippen LogP contribution in [0.15, 0.2) is 12.7 Å². The highest BCUT2D eigenvalue weighted by Gasteiger charge is 2.93. The number of nitrogens with two attached hydrogens (primary N) is 1. The van der Waals surface area contributed by atoms with Gasteiger partial charge in [0.1, 0.15) is 29.2 Å². The first-order valence-corrected chi connectivity index (χ1v) is 8.62. The van der Waals surface area contributed by atoms with Crippen molar-refractivity contribution in [1.29, 1.82) is 0 Å². The molecule has 0 bridgehead atoms. The van der Waals surface area contributed by atoms with E-state index in [0.29, 0.717) is 11.2 Å². The number of hydrogen-bond acceptors (Lipinski definition) is 9. The smallest absolute Gasteiger partial charge is 0.221 e. The predicted octanol–water partition coefficient (Wildman–Crippen LogP) is -1.35. The molecule has 2 aromatic rings. The van der Waals surface area contributed by atoms with E-state index >= 15 is 0 Å². The zero-order valence-corrected chi connectivity index (χ0v) is 15.1. The van der Waals surface area contributed by atoms with Crippen LogP contribution in [0.3, 0.4) is 0 Å². The summed E-state index contributed by atoms with van der Waals surface area (Å²) in [4.78, 5) is 23.8. The summed E-state index contributed by atoms with van der Waals surface area (Å²) in [7, 11) is 0. The molecule has 1 unspecified atom stereocenters. The number of aliphatic hydroxyl groups is 3. The Labute approximate surface area is 154 Å². The van der Waals surface area contributed by atoms with Crippen LogP contribution in [0, 0.1) is 5.41 Å². The fraction of sp³-hybridized carbons (Fsp3) is 0.625. The Bertz CT molecular complexity index is 931. The lowest BCUT2D eigenvalue weighted by Crippen LogP contribution is -2.51. The van der Waals surface area contributed by atoms with E-state index in [9.17, 15) is 20.1 Å². The highest BCUT2D eigenvalue weighted by atomic mass is 16.6. The summed E-state index contributed by atoms with van der Waals surface area (Å²) in [5.41, 5.74) is 1.89. The number of anilines is 1. The van der Waals surface area contributed by atoms with Gasteiger partial charge in [0.05, 0.1) is 6.33 Å². The lowest BCUT2D eigenvalue weighted by molar-refractivity contribution is -0.157. The molecule has 11 nitrogen and oxygen atoms in total. The molecular weight excluding hydrogens is 356 g/mol. The van der Waals surface area contributed by atoms with Crippen LogP contribution in [-0.2, 0) is 9.53 Å². The molecule has 1 aliphatic carbocycles. The van der Waals surface area contributed by atoms with Gasteiger partial charge in [0, 0.05) is 11.8 Å². The minimum Gasteiger partial charge on any atom is -0.383 e. The monoisotopic (exact) mass is 378 g/mol. The molecule has 0 spiro atoms. The Balaban J connectivity index is 1.77. The van der Waals surface area contributed by atoms with E-state index < -0.39 is 41.1 Å². The molecule has 1 amide bonds. The summed E-state index contributed by atoms with van der Waals surface area (Å²) in [6.07, 6.45) is -1.07. The van der Waals surface area contributed by atoms with Crippen molar-refractivity contribution < 1.29 is 24.9 Å². The topological polar surface area (TPSA) is 169 Å². The Morgan fingerprint density at radius 2 is 2.07 bits per heavy atom. The first-order valence-electron chi connectivity index (χ1n) is 8.62. The van der Waals surface area contributed by atoms with E-state index in [1.807, 2.05) is 0 Å². The first kappa shape index (κ1) is 18.0. The summed E-state index contributed by atoms with van der Waals surface area (Å²) < 4.78 is 7.27. The van der Waals surface area contributed by atoms with Crippen LogP contribution in [0.4, 0.5) is 5.82 Å². The number of nitrogens with zero attached hydrogens (tertiary/aromatic N) is 4. The van der Waals surface area contributed by atoms with Crippen LogP contribution < -0.4 is 11.1 Å². The van der Waals surface area contributed by atoms with Gasteiger partial charge in [-0.1, -0.05) is 20.8 Å². The lowest BCUT2D eigenvalue weighted by atomic mass is 10.00. The van der Waals surface area contributed by atoms with Gasteiger partial charge in [-0.15, -0.1) is 0 Å². The van der Waals surface area contributed by atoms with Gasteiger partial charge in [0.25, 0.3) is 0 Å². The maximum Gasteiger partial charge on any atom is 0.221 e. The normalized spacial score (nSPS) is 35.0. The van der Waals surface area contributed by atoms with Crippen LogP contribution in [-0.4, -0.2) is 64.3 Å². The van der Waals surface area contributed by atoms with E-state index in [0.717, 1.165) is 0 Å². The second-order valence-electron chi connectivity index (χ2n) is 7.52. The molecule has 5 atom stereocenters. The van der Waals surface area contributed by atoms with E-state index in [1.165, 1.54) is 17.2 Å². The number of nitrogen functional groups attached to an aromatic ring is 1. The number of fused-ring (bicyclic) bond motifs is 2. The number of nitrogens with one attached hydrogen (secondary N) is 1. The molecule has 27 heavy (non-hydrogen) atoms. The van der Waals surface area contributed by atoms with Gasteiger partial charge >= 0.3 is 0 Å². The molecular formula is C16H22N6O5. The van der Waals surface area contributed by atoms with E-state index in [-0.39, 0.29) is 12.2 Å². The Hall–Kier alpha value is -2.34. The number of rotatable bonds is 4. The molecule has 2 fully saturated rings. The van der Waals surface area contributed by atoms with Crippen molar-refractivity contribution in [1.82, 2.24) is 24.8 Å². The SMILES string of the molecule is CCC(=O)NC(O)[C@H]1O[C@@H](n2cnc3c(N)ncnc32)[C@@]2(O)C(C)(C)[C@@]12O. The highest BCUT2D eigenvalue weighted by molar-refractivity contribution is 5.81. The third-order valence-corrected chi connectivity index (χ3v) is 6.03. The van der Waals surface area contributed by atoms with Crippen molar-refractivity contribution in [2.75, 3.05) is 5.73 Å². The molecule has 11 heteroatoms. The number of imidazole rings is 1. The number of aromatic nitrogens is 4. The van der Waals surface area contributed by atoms with Crippen molar-refractivity contribution >= 4 is 22.9 Å². The van der Waals surface area contributed by atoms with Gasteiger partial charge in [-0.05, 0) is 0 Å². The van der Waals surface area contributed by atoms with E-state index in [4.69, 9.17) is 10.5 Å². The molecule has 3 heterocycles. The van der Waals surface area contributed by atoms with Crippen molar-refractivity contribution in [3.63, 3.8) is 0 Å². The van der Waals surface area contributed by atoms with Crippen LogP contribution in [0.5, 0.6) is 0 Å². The minimum absolute atomic E-state index is 0.154. The van der Waals surface area contributed by atoms with Gasteiger partial charge in [-0.2, -0.15) is 0 Å². The van der Waals surface area contributed by atoms with Crippen LogP contribution in [0.25, 0.3) is 11.2 Å². The summed E-state index contributed by atoms with van der Waals surface area (Å²) in [5, 5.41) is 35.3. The molecule has 6 N–H and O–H groups in total. The number of carbonyl (C=O) groups is 1. The van der Waals surface area contributed by atoms with Crippen molar-refractivity contribution in [2.24, 2.45) is 5.41 Å². The predicted molar refractivity (Wildman–Crippen MR) is 91.8 cm³/mol. The number of hydrogen-bond donors (Lipinski definition) is 5. The number of aliphatic hydroxyl groups excluding tert-OH is 1. The highest BCUT2D eigenvalue weighted by Crippen LogP contribution is 2.75. The van der Waals surface area contributed by atoms with E-state index in [1.54, 1.807) is 20.8 Å². The molecule has 2 aliphatic rings. The average molecular weight is 378 g/mol. The number of carbonyl (C=O) groups excluding carboxylic acids is 1. The zero-order chi connectivity index (χ0) is 19.8. The van der Waals surface area contributed by atoms with E-state index in [2.05, 4.69) is 20.3 Å². The fourth-order valence-electron chi connectivity index (χ4n) is 4.26. The van der Waals surface area contributed by atoms with Gasteiger partial charge in [-0.25, -0.2) is 15.0 Å². The van der Waals surface area contributed by atoms with Crippen molar-refractivity contribution in [3.05, 3.63) is 12.7 Å². The van der Waals surface area contributed by atoms with Crippen LogP contribution in [0.1, 0.15) is 33.4 Å². The summed E-state index contributed by atoms with van der Waals surface area (Å²) in [6.45, 7) is 4.95. The van der Waals surface area contributed by atoms with Gasteiger partial charge in [0.2, 0.25) is 5.91 Å². The Morgan fingerprint density at radius 3 is 2.74 bits per heavy atom. The third kappa shape index (κ3) is 1.94. The molecule has 1 saturated carbocycles. The fourth-order valence-corrected chi connectivity index (χ4v) is 4.26. The molecule has 2 aromatic heterocycles. The van der Waals surface area contributed by atoms with Crippen molar-refractivity contribution in [3.8, 4) is 0 Å². The second-order valence-corrected chi connectivity index (χ2v) is 7.52. The van der Waals surface area contributed by atoms with Crippen molar-refractivity contribution in [2.45, 2.75) is 57.0 Å². The third-order valence-electron chi connectivity index (χ3n) is 6.03. The molecule has 1 saturated heterocycles. The average Bonchev–Trinajstić information content (AvgIpc) is 3.00. The summed E-state index contributed by atoms with van der Waals surface area (Å²) >= 11 is 0. The quantitative estimate of drug-likeness (QED) is 0.404. The molecule has 146 valence electrons. The second kappa shape index (κ2) is 5.35. The van der Waals surface area contributed by atoms with Gasteiger partial charge < -0.3 is 31.1 Å². The minimum atomic E-state index is -1.79. The largest absolute Gasteiger partial charge is 0.383 e. The molecule has 0 radical (unpaired) electrons. The maximum absolute atomic E-state index is 11.7. The van der Waals surface area contributed by atoms with Gasteiger partial charge in [-0.3, -0.25) is 9.36 Å². The standard InChI is InChI=1S/C16H22N6O5/c1-4-7(23)21-12(24)9-15(25)14(2,3)16(15,26)13(27-9)22-6-20-8-10(17)18-5-19-11(8)22/h5-6,9,12-13,24-26H,4H2,1-3H3,(H,21,23)(H2,17,18,19)/t9-,12?,13-,15+,16-/m1/s1.